The Balaban J connectivity index is 3.94. The predicted molar refractivity (Wildman–Crippen MR) is 81.5 cm³/mol. The first-order valence-corrected chi connectivity index (χ1v) is 8.17. The molecule has 0 saturated carbocycles. The topological polar surface area (TPSA) is 29.5 Å². The number of hydrogen-bond donors (Lipinski definition) is 0. The highest BCUT2D eigenvalue weighted by atomic mass is 16.6. The highest BCUT2D eigenvalue weighted by molar-refractivity contribution is 5.67. The molecule has 0 fully saturated rings. The van der Waals surface area contributed by atoms with E-state index in [1.54, 1.807) is 0 Å². The molecule has 0 aliphatic rings. The first-order chi connectivity index (χ1) is 9.26. The van der Waals surface area contributed by atoms with Crippen LogP contribution in [0.15, 0.2) is 0 Å². The SMILES string of the molecule is CCCCCCN(CCCCCC)C(=O)OCCC. The minimum Gasteiger partial charge on any atom is -0.449 e. The standard InChI is InChI=1S/C16H33NO2/c1-4-7-9-11-13-17(14-12-10-8-5-2)16(18)19-15-6-3/h4-15H2,1-3H3. The summed E-state index contributed by atoms with van der Waals surface area (Å²) in [7, 11) is 0. The van der Waals surface area contributed by atoms with Crippen LogP contribution in [0.5, 0.6) is 0 Å². The van der Waals surface area contributed by atoms with Crippen LogP contribution in [0.1, 0.15) is 78.6 Å². The first-order valence-electron chi connectivity index (χ1n) is 8.17. The largest absolute Gasteiger partial charge is 0.449 e. The van der Waals surface area contributed by atoms with Crippen molar-refractivity contribution < 1.29 is 9.53 Å². The quantitative estimate of drug-likeness (QED) is 0.468. The van der Waals surface area contributed by atoms with Gasteiger partial charge in [-0.05, 0) is 19.3 Å². The minimum absolute atomic E-state index is 0.116. The molecule has 0 heterocycles. The van der Waals surface area contributed by atoms with Crippen molar-refractivity contribution >= 4 is 6.09 Å². The fraction of sp³-hybridized carbons (Fsp3) is 0.938. The Hall–Kier alpha value is -0.730. The predicted octanol–water partition coefficient (Wildman–Crippen LogP) is 5.00. The van der Waals surface area contributed by atoms with Gasteiger partial charge in [-0.3, -0.25) is 0 Å². The van der Waals surface area contributed by atoms with Gasteiger partial charge in [0.15, 0.2) is 0 Å². The summed E-state index contributed by atoms with van der Waals surface area (Å²) in [5, 5.41) is 0. The normalized spacial score (nSPS) is 10.5. The van der Waals surface area contributed by atoms with E-state index in [4.69, 9.17) is 4.74 Å². The third-order valence-corrected chi connectivity index (χ3v) is 3.25. The molecular weight excluding hydrogens is 238 g/mol. The maximum atomic E-state index is 11.9. The van der Waals surface area contributed by atoms with Crippen LogP contribution in [0.3, 0.4) is 0 Å². The summed E-state index contributed by atoms with van der Waals surface area (Å²) in [5.74, 6) is 0. The molecule has 0 atom stereocenters. The maximum absolute atomic E-state index is 11.9. The number of rotatable bonds is 12. The van der Waals surface area contributed by atoms with Gasteiger partial charge in [0, 0.05) is 13.1 Å². The lowest BCUT2D eigenvalue weighted by atomic mass is 10.2. The first kappa shape index (κ1) is 18.3. The van der Waals surface area contributed by atoms with Crippen LogP contribution in [-0.2, 0) is 4.74 Å². The van der Waals surface area contributed by atoms with E-state index in [1.807, 2.05) is 11.8 Å². The number of ether oxygens (including phenoxy) is 1. The van der Waals surface area contributed by atoms with Gasteiger partial charge in [-0.15, -0.1) is 0 Å². The van der Waals surface area contributed by atoms with Crippen molar-refractivity contribution in [2.24, 2.45) is 0 Å². The molecule has 0 aromatic rings. The Kier molecular flexibility index (Phi) is 13.2. The van der Waals surface area contributed by atoms with Crippen LogP contribution in [0.2, 0.25) is 0 Å². The fourth-order valence-corrected chi connectivity index (χ4v) is 2.03. The smallest absolute Gasteiger partial charge is 0.409 e. The van der Waals surface area contributed by atoms with Crippen molar-refractivity contribution in [2.45, 2.75) is 78.6 Å². The van der Waals surface area contributed by atoms with E-state index in [0.717, 1.165) is 32.4 Å². The van der Waals surface area contributed by atoms with Crippen LogP contribution in [0, 0.1) is 0 Å². The Bertz CT molecular complexity index is 195. The number of amides is 1. The average molecular weight is 271 g/mol. The molecule has 0 aliphatic heterocycles. The van der Waals surface area contributed by atoms with Crippen molar-refractivity contribution in [3.05, 3.63) is 0 Å². The second-order valence-corrected chi connectivity index (χ2v) is 5.22. The zero-order valence-corrected chi connectivity index (χ0v) is 13.2. The molecule has 0 N–H and O–H groups in total. The van der Waals surface area contributed by atoms with E-state index in [2.05, 4.69) is 13.8 Å². The number of hydrogen-bond acceptors (Lipinski definition) is 2. The van der Waals surface area contributed by atoms with Gasteiger partial charge < -0.3 is 9.64 Å². The van der Waals surface area contributed by atoms with Gasteiger partial charge in [-0.1, -0.05) is 59.3 Å². The van der Waals surface area contributed by atoms with Gasteiger partial charge in [0.25, 0.3) is 0 Å². The molecule has 3 heteroatoms. The Labute approximate surface area is 119 Å². The van der Waals surface area contributed by atoms with Gasteiger partial charge in [-0.2, -0.15) is 0 Å². The summed E-state index contributed by atoms with van der Waals surface area (Å²) in [4.78, 5) is 13.8. The van der Waals surface area contributed by atoms with Crippen molar-refractivity contribution in [1.82, 2.24) is 4.90 Å². The van der Waals surface area contributed by atoms with Crippen molar-refractivity contribution in [2.75, 3.05) is 19.7 Å². The molecule has 0 bridgehead atoms. The van der Waals surface area contributed by atoms with Gasteiger partial charge in [0.1, 0.15) is 0 Å². The summed E-state index contributed by atoms with van der Waals surface area (Å²) >= 11 is 0. The van der Waals surface area contributed by atoms with Crippen molar-refractivity contribution in [1.29, 1.82) is 0 Å². The van der Waals surface area contributed by atoms with Gasteiger partial charge >= 0.3 is 6.09 Å². The summed E-state index contributed by atoms with van der Waals surface area (Å²) in [6.45, 7) is 8.69. The van der Waals surface area contributed by atoms with E-state index in [9.17, 15) is 4.79 Å². The molecular formula is C16H33NO2. The summed E-state index contributed by atoms with van der Waals surface area (Å²) in [6, 6.07) is 0. The Morgan fingerprint density at radius 1 is 0.789 bits per heavy atom. The number of unbranched alkanes of at least 4 members (excludes halogenated alkanes) is 6. The van der Waals surface area contributed by atoms with Crippen LogP contribution in [0.4, 0.5) is 4.79 Å². The highest BCUT2D eigenvalue weighted by Gasteiger charge is 2.13. The van der Waals surface area contributed by atoms with E-state index >= 15 is 0 Å². The number of carbonyl (C=O) groups excluding carboxylic acids is 1. The third-order valence-electron chi connectivity index (χ3n) is 3.25. The number of carbonyl (C=O) groups is 1. The minimum atomic E-state index is -0.116. The average Bonchev–Trinajstić information content (AvgIpc) is 2.43. The summed E-state index contributed by atoms with van der Waals surface area (Å²) in [5.41, 5.74) is 0. The summed E-state index contributed by atoms with van der Waals surface area (Å²) < 4.78 is 5.25. The molecule has 0 radical (unpaired) electrons. The van der Waals surface area contributed by atoms with Gasteiger partial charge in [0.05, 0.1) is 6.61 Å². The van der Waals surface area contributed by atoms with Crippen molar-refractivity contribution in [3.8, 4) is 0 Å². The summed E-state index contributed by atoms with van der Waals surface area (Å²) in [6.07, 6.45) is 10.4. The molecule has 0 aliphatic carbocycles. The highest BCUT2D eigenvalue weighted by Crippen LogP contribution is 2.07. The van der Waals surface area contributed by atoms with E-state index in [1.165, 1.54) is 38.5 Å². The molecule has 3 nitrogen and oxygen atoms in total. The zero-order chi connectivity index (χ0) is 14.3. The molecule has 0 aromatic carbocycles. The lowest BCUT2D eigenvalue weighted by Gasteiger charge is -2.22. The van der Waals surface area contributed by atoms with Crippen LogP contribution < -0.4 is 0 Å². The second-order valence-electron chi connectivity index (χ2n) is 5.22. The van der Waals surface area contributed by atoms with Crippen LogP contribution in [0.25, 0.3) is 0 Å². The molecule has 0 saturated heterocycles. The zero-order valence-electron chi connectivity index (χ0n) is 13.2. The molecule has 114 valence electrons. The molecule has 0 rings (SSSR count). The lowest BCUT2D eigenvalue weighted by Crippen LogP contribution is -2.33. The Morgan fingerprint density at radius 2 is 1.32 bits per heavy atom. The van der Waals surface area contributed by atoms with Crippen molar-refractivity contribution in [3.63, 3.8) is 0 Å². The van der Waals surface area contributed by atoms with E-state index in [-0.39, 0.29) is 6.09 Å². The molecule has 0 spiro atoms. The molecule has 0 aromatic heterocycles. The molecule has 19 heavy (non-hydrogen) atoms. The Morgan fingerprint density at radius 3 is 1.74 bits per heavy atom. The lowest BCUT2D eigenvalue weighted by molar-refractivity contribution is 0.101. The van der Waals surface area contributed by atoms with Gasteiger partial charge in [-0.25, -0.2) is 4.79 Å². The third kappa shape index (κ3) is 10.8. The molecule has 1 amide bonds. The van der Waals surface area contributed by atoms with Gasteiger partial charge in [0.2, 0.25) is 0 Å². The second kappa shape index (κ2) is 13.7. The van der Waals surface area contributed by atoms with E-state index < -0.39 is 0 Å². The van der Waals surface area contributed by atoms with E-state index in [0.29, 0.717) is 6.61 Å². The fourth-order valence-electron chi connectivity index (χ4n) is 2.03. The monoisotopic (exact) mass is 271 g/mol. The van der Waals surface area contributed by atoms with Crippen LogP contribution in [-0.4, -0.2) is 30.7 Å². The molecule has 0 unspecified atom stereocenters. The number of nitrogens with zero attached hydrogens (tertiary/aromatic N) is 1. The maximum Gasteiger partial charge on any atom is 0.409 e. The van der Waals surface area contributed by atoms with Crippen LogP contribution >= 0.6 is 0 Å².